The number of rotatable bonds is 5. The van der Waals surface area contributed by atoms with Crippen LogP contribution in [-0.2, 0) is 5.75 Å². The summed E-state index contributed by atoms with van der Waals surface area (Å²) < 4.78 is 22.5. The summed E-state index contributed by atoms with van der Waals surface area (Å²) in [5, 5.41) is 12.5. The lowest BCUT2D eigenvalue weighted by molar-refractivity contribution is 0.0686. The Labute approximate surface area is 163 Å². The second-order valence-electron chi connectivity index (χ2n) is 5.94. The molecule has 0 spiro atoms. The molecule has 1 atom stereocenters. The van der Waals surface area contributed by atoms with Crippen LogP contribution in [0.5, 0.6) is 11.5 Å². The van der Waals surface area contributed by atoms with Gasteiger partial charge >= 0.3 is 0 Å². The maximum atomic E-state index is 5.88. The molecular weight excluding hydrogens is 380 g/mol. The van der Waals surface area contributed by atoms with Crippen molar-refractivity contribution in [1.29, 1.82) is 0 Å². The van der Waals surface area contributed by atoms with Crippen LogP contribution >= 0.6 is 11.8 Å². The van der Waals surface area contributed by atoms with Crippen molar-refractivity contribution in [1.82, 2.24) is 20.3 Å². The summed E-state index contributed by atoms with van der Waals surface area (Å²) in [6.45, 7) is 0.313. The van der Waals surface area contributed by atoms with Crippen molar-refractivity contribution in [2.75, 3.05) is 6.61 Å². The number of nitrogens with zero attached hydrogens (tertiary/aromatic N) is 4. The molecule has 0 unspecified atom stereocenters. The quantitative estimate of drug-likeness (QED) is 0.466. The van der Waals surface area contributed by atoms with E-state index in [-0.39, 0.29) is 0 Å². The number of hydrogen-bond donors (Lipinski definition) is 0. The van der Waals surface area contributed by atoms with Crippen molar-refractivity contribution in [3.63, 3.8) is 0 Å². The molecule has 0 bridgehead atoms. The minimum atomic E-state index is -0.440. The fraction of sp³-hybridized carbons (Fsp3) is 0.158. The average molecular weight is 394 g/mol. The van der Waals surface area contributed by atoms with Crippen LogP contribution in [0.25, 0.3) is 11.4 Å². The van der Waals surface area contributed by atoms with Crippen molar-refractivity contribution >= 4 is 11.8 Å². The summed E-state index contributed by atoms with van der Waals surface area (Å²) in [5.41, 5.74) is 0.900. The maximum absolute atomic E-state index is 5.88. The van der Waals surface area contributed by atoms with E-state index >= 15 is 0 Å². The van der Waals surface area contributed by atoms with Gasteiger partial charge in [0.25, 0.3) is 11.1 Å². The number of ether oxygens (including phenoxy) is 2. The number of fused-ring (bicyclic) bond motifs is 1. The molecule has 9 heteroatoms. The van der Waals surface area contributed by atoms with Crippen molar-refractivity contribution in [3.05, 3.63) is 66.4 Å². The van der Waals surface area contributed by atoms with Crippen LogP contribution < -0.4 is 9.47 Å². The third-order valence-corrected chi connectivity index (χ3v) is 4.83. The maximum Gasteiger partial charge on any atom is 0.277 e. The van der Waals surface area contributed by atoms with Crippen LogP contribution in [0.15, 0.2) is 68.8 Å². The van der Waals surface area contributed by atoms with Gasteiger partial charge < -0.3 is 18.4 Å². The van der Waals surface area contributed by atoms with Crippen molar-refractivity contribution in [2.24, 2.45) is 0 Å². The van der Waals surface area contributed by atoms with E-state index in [1.165, 1.54) is 11.8 Å². The Balaban J connectivity index is 1.23. The summed E-state index contributed by atoms with van der Waals surface area (Å²) in [6.07, 6.45) is -0.440. The van der Waals surface area contributed by atoms with Gasteiger partial charge in [0.05, 0.1) is 5.75 Å². The van der Waals surface area contributed by atoms with Crippen LogP contribution in [0.3, 0.4) is 0 Å². The zero-order valence-electron chi connectivity index (χ0n) is 14.5. The monoisotopic (exact) mass is 394 g/mol. The van der Waals surface area contributed by atoms with Crippen LogP contribution in [-0.4, -0.2) is 26.9 Å². The lowest BCUT2D eigenvalue weighted by Gasteiger charge is -2.23. The molecule has 5 rings (SSSR count). The molecule has 28 heavy (non-hydrogen) atoms. The highest BCUT2D eigenvalue weighted by Gasteiger charge is 2.27. The summed E-state index contributed by atoms with van der Waals surface area (Å²) in [6, 6.07) is 17.1. The van der Waals surface area contributed by atoms with E-state index in [2.05, 4.69) is 20.3 Å². The van der Waals surface area contributed by atoms with Crippen molar-refractivity contribution in [2.45, 2.75) is 17.1 Å². The van der Waals surface area contributed by atoms with Gasteiger partial charge in [-0.15, -0.1) is 10.2 Å². The van der Waals surface area contributed by atoms with Gasteiger partial charge in [-0.2, -0.15) is 4.98 Å². The van der Waals surface area contributed by atoms with Gasteiger partial charge in [-0.1, -0.05) is 59.4 Å². The third-order valence-electron chi connectivity index (χ3n) is 4.03. The molecule has 1 aliphatic rings. The van der Waals surface area contributed by atoms with Crippen LogP contribution in [0.2, 0.25) is 0 Å². The van der Waals surface area contributed by atoms with Crippen LogP contribution in [0.1, 0.15) is 17.9 Å². The molecule has 2 aromatic heterocycles. The SMILES string of the molecule is c1ccc(-c2noc(CSc3nnc([C@H]4COc5ccccc5O4)o3)n2)cc1. The van der Waals surface area contributed by atoms with E-state index < -0.39 is 6.10 Å². The Morgan fingerprint density at radius 2 is 1.79 bits per heavy atom. The van der Waals surface area contributed by atoms with E-state index in [4.69, 9.17) is 18.4 Å². The average Bonchev–Trinajstić information content (AvgIpc) is 3.42. The van der Waals surface area contributed by atoms with Crippen molar-refractivity contribution < 1.29 is 18.4 Å². The molecule has 1 aliphatic heterocycles. The van der Waals surface area contributed by atoms with Gasteiger partial charge in [0.2, 0.25) is 17.8 Å². The highest BCUT2D eigenvalue weighted by atomic mass is 32.2. The zero-order valence-corrected chi connectivity index (χ0v) is 15.3. The molecule has 0 N–H and O–H groups in total. The normalized spacial score (nSPS) is 15.5. The minimum Gasteiger partial charge on any atom is -0.485 e. The molecular formula is C19H14N4O4S. The summed E-state index contributed by atoms with van der Waals surface area (Å²) in [7, 11) is 0. The molecule has 0 amide bonds. The van der Waals surface area contributed by atoms with Gasteiger partial charge in [-0.05, 0) is 12.1 Å². The first-order chi connectivity index (χ1) is 13.8. The second-order valence-corrected chi connectivity index (χ2v) is 6.86. The second kappa shape index (κ2) is 7.35. The van der Waals surface area contributed by atoms with Gasteiger partial charge in [0.15, 0.2) is 11.5 Å². The largest absolute Gasteiger partial charge is 0.485 e. The number of para-hydroxylation sites is 2. The lowest BCUT2D eigenvalue weighted by atomic mass is 10.2. The molecule has 0 saturated carbocycles. The van der Waals surface area contributed by atoms with Gasteiger partial charge in [0.1, 0.15) is 6.61 Å². The first-order valence-electron chi connectivity index (χ1n) is 8.58. The van der Waals surface area contributed by atoms with Gasteiger partial charge in [-0.3, -0.25) is 0 Å². The zero-order chi connectivity index (χ0) is 18.8. The Kier molecular flexibility index (Phi) is 4.42. The topological polar surface area (TPSA) is 96.3 Å². The molecule has 2 aromatic carbocycles. The highest BCUT2D eigenvalue weighted by molar-refractivity contribution is 7.98. The Morgan fingerprint density at radius 3 is 2.68 bits per heavy atom. The highest BCUT2D eigenvalue weighted by Crippen LogP contribution is 2.36. The predicted octanol–water partition coefficient (Wildman–Crippen LogP) is 3.92. The first-order valence-corrected chi connectivity index (χ1v) is 9.56. The third kappa shape index (κ3) is 3.44. The number of benzene rings is 2. The fourth-order valence-corrected chi connectivity index (χ4v) is 3.30. The molecule has 0 radical (unpaired) electrons. The Morgan fingerprint density at radius 1 is 0.964 bits per heavy atom. The van der Waals surface area contributed by atoms with Crippen molar-refractivity contribution in [3.8, 4) is 22.9 Å². The molecule has 0 saturated heterocycles. The van der Waals surface area contributed by atoms with Gasteiger partial charge in [-0.25, -0.2) is 0 Å². The molecule has 140 valence electrons. The van der Waals surface area contributed by atoms with Crippen LogP contribution in [0, 0.1) is 0 Å². The fourth-order valence-electron chi connectivity index (χ4n) is 2.69. The Bertz CT molecular complexity index is 1080. The smallest absolute Gasteiger partial charge is 0.277 e. The summed E-state index contributed by atoms with van der Waals surface area (Å²) in [5.74, 6) is 3.19. The molecule has 3 heterocycles. The molecule has 8 nitrogen and oxygen atoms in total. The van der Waals surface area contributed by atoms with E-state index in [1.54, 1.807) is 0 Å². The van der Waals surface area contributed by atoms with E-state index in [9.17, 15) is 0 Å². The minimum absolute atomic E-state index is 0.313. The number of hydrogen-bond acceptors (Lipinski definition) is 9. The van der Waals surface area contributed by atoms with Crippen LogP contribution in [0.4, 0.5) is 0 Å². The molecule has 4 aromatic rings. The molecule has 0 aliphatic carbocycles. The molecule has 0 fully saturated rings. The predicted molar refractivity (Wildman–Crippen MR) is 98.9 cm³/mol. The van der Waals surface area contributed by atoms with E-state index in [0.717, 1.165) is 5.56 Å². The number of aromatic nitrogens is 4. The van der Waals surface area contributed by atoms with Gasteiger partial charge in [0, 0.05) is 5.56 Å². The lowest BCUT2D eigenvalue weighted by Crippen LogP contribution is -2.21. The van der Waals surface area contributed by atoms with E-state index in [1.807, 2.05) is 54.6 Å². The summed E-state index contributed by atoms with van der Waals surface area (Å²) in [4.78, 5) is 4.38. The van der Waals surface area contributed by atoms with E-state index in [0.29, 0.717) is 46.7 Å². The standard InChI is InChI=1S/C19H14N4O4S/c1-2-6-12(7-3-1)17-20-16(27-23-17)11-28-19-22-21-18(26-19)15-10-24-13-8-4-5-9-14(13)25-15/h1-9,15H,10-11H2/t15-/m1/s1. The Hall–Kier alpha value is -3.33. The summed E-state index contributed by atoms with van der Waals surface area (Å²) >= 11 is 1.32. The first kappa shape index (κ1) is 16.8. The number of thioether (sulfide) groups is 1.